The summed E-state index contributed by atoms with van der Waals surface area (Å²) in [6.45, 7) is 7.38. The van der Waals surface area contributed by atoms with Gasteiger partial charge in [0.1, 0.15) is 0 Å². The van der Waals surface area contributed by atoms with Gasteiger partial charge in [0.15, 0.2) is 11.1 Å². The summed E-state index contributed by atoms with van der Waals surface area (Å²) in [5, 5.41) is 10.1. The lowest BCUT2D eigenvalue weighted by atomic mass is 10.2. The van der Waals surface area contributed by atoms with Crippen LogP contribution in [0.2, 0.25) is 0 Å². The summed E-state index contributed by atoms with van der Waals surface area (Å²) in [4.78, 5) is 25.7. The third kappa shape index (κ3) is 6.57. The minimum Gasteiger partial charge on any atom is -0.357 e. The number of guanidine groups is 1. The van der Waals surface area contributed by atoms with E-state index in [1.54, 1.807) is 11.3 Å². The van der Waals surface area contributed by atoms with Crippen LogP contribution in [0.4, 0.5) is 10.8 Å². The highest BCUT2D eigenvalue weighted by atomic mass is 127. The molecule has 0 spiro atoms. The molecule has 174 valence electrons. The Bertz CT molecular complexity index is 894. The molecule has 2 N–H and O–H groups in total. The molecule has 1 aromatic heterocycles. The van der Waals surface area contributed by atoms with Gasteiger partial charge in [-0.3, -0.25) is 4.79 Å². The molecule has 2 fully saturated rings. The summed E-state index contributed by atoms with van der Waals surface area (Å²) >= 11 is 1.75. The standard InChI is InChI=1S/C23H32N6OS.HI/c1-2-24-22(25-12-11-19-17-31-23(27-19)28-13-3-4-14-28)26-16-18-7-9-20(10-8-18)29-15-5-6-21(29)30;/h7-10,17H,2-6,11-16H2,1H3,(H2,24,25,26);1H. The number of carbonyl (C=O) groups excluding carboxylic acids is 1. The van der Waals surface area contributed by atoms with Gasteiger partial charge in [-0.15, -0.1) is 35.3 Å². The first-order valence-electron chi connectivity index (χ1n) is 11.3. The lowest BCUT2D eigenvalue weighted by Crippen LogP contribution is -2.38. The van der Waals surface area contributed by atoms with Crippen molar-refractivity contribution in [1.82, 2.24) is 15.6 Å². The third-order valence-corrected chi connectivity index (χ3v) is 6.63. The van der Waals surface area contributed by atoms with Gasteiger partial charge >= 0.3 is 0 Å². The number of carbonyl (C=O) groups is 1. The number of hydrogen-bond acceptors (Lipinski definition) is 5. The van der Waals surface area contributed by atoms with E-state index in [0.29, 0.717) is 13.0 Å². The van der Waals surface area contributed by atoms with Gasteiger partial charge in [0.05, 0.1) is 12.2 Å². The number of aromatic nitrogens is 1. The minimum atomic E-state index is 0. The van der Waals surface area contributed by atoms with E-state index < -0.39 is 0 Å². The molecule has 1 aromatic carbocycles. The molecular formula is C23H33IN6OS. The van der Waals surface area contributed by atoms with E-state index in [9.17, 15) is 4.79 Å². The highest BCUT2D eigenvalue weighted by molar-refractivity contribution is 14.0. The van der Waals surface area contributed by atoms with Crippen molar-refractivity contribution in [3.63, 3.8) is 0 Å². The molecule has 2 aromatic rings. The van der Waals surface area contributed by atoms with Gasteiger partial charge in [-0.05, 0) is 43.9 Å². The fraction of sp³-hybridized carbons (Fsp3) is 0.522. The van der Waals surface area contributed by atoms with Crippen molar-refractivity contribution in [2.24, 2.45) is 4.99 Å². The van der Waals surface area contributed by atoms with Crippen molar-refractivity contribution >= 4 is 58.0 Å². The van der Waals surface area contributed by atoms with E-state index in [1.807, 2.05) is 17.0 Å². The topological polar surface area (TPSA) is 72.9 Å². The molecular weight excluding hydrogens is 535 g/mol. The second-order valence-corrected chi connectivity index (χ2v) is 8.84. The Morgan fingerprint density at radius 1 is 1.12 bits per heavy atom. The Hall–Kier alpha value is -1.88. The zero-order valence-corrected chi connectivity index (χ0v) is 21.8. The van der Waals surface area contributed by atoms with Crippen molar-refractivity contribution in [2.75, 3.05) is 42.5 Å². The van der Waals surface area contributed by atoms with Gasteiger partial charge in [0.2, 0.25) is 5.91 Å². The van der Waals surface area contributed by atoms with Gasteiger partial charge in [-0.25, -0.2) is 9.98 Å². The quantitative estimate of drug-likeness (QED) is 0.288. The number of thiazole rings is 1. The van der Waals surface area contributed by atoms with E-state index >= 15 is 0 Å². The van der Waals surface area contributed by atoms with Crippen LogP contribution in [0.3, 0.4) is 0 Å². The maximum Gasteiger partial charge on any atom is 0.227 e. The van der Waals surface area contributed by atoms with Gasteiger partial charge in [0, 0.05) is 56.6 Å². The molecule has 4 rings (SSSR count). The molecule has 3 heterocycles. The molecule has 1 amide bonds. The van der Waals surface area contributed by atoms with Crippen LogP contribution in [0.15, 0.2) is 34.6 Å². The number of nitrogens with zero attached hydrogens (tertiary/aromatic N) is 4. The van der Waals surface area contributed by atoms with Crippen LogP contribution in [0, 0.1) is 0 Å². The number of anilines is 2. The summed E-state index contributed by atoms with van der Waals surface area (Å²) in [5.74, 6) is 1.04. The van der Waals surface area contributed by atoms with Crippen molar-refractivity contribution in [2.45, 2.75) is 45.6 Å². The van der Waals surface area contributed by atoms with Crippen LogP contribution in [0.1, 0.15) is 43.9 Å². The smallest absolute Gasteiger partial charge is 0.227 e. The van der Waals surface area contributed by atoms with E-state index in [1.165, 1.54) is 12.8 Å². The first kappa shape index (κ1) is 24.8. The Kier molecular flexibility index (Phi) is 9.58. The molecule has 9 heteroatoms. The second kappa shape index (κ2) is 12.4. The number of rotatable bonds is 8. The maximum atomic E-state index is 11.9. The Morgan fingerprint density at radius 2 is 1.91 bits per heavy atom. The predicted octanol–water partition coefficient (Wildman–Crippen LogP) is 3.79. The number of amides is 1. The largest absolute Gasteiger partial charge is 0.357 e. The first-order valence-corrected chi connectivity index (χ1v) is 12.2. The van der Waals surface area contributed by atoms with Gasteiger partial charge in [0.25, 0.3) is 0 Å². The Morgan fingerprint density at radius 3 is 2.59 bits per heavy atom. The molecule has 0 unspecified atom stereocenters. The number of nitrogens with one attached hydrogen (secondary N) is 2. The van der Waals surface area contributed by atoms with Crippen LogP contribution in [0.25, 0.3) is 0 Å². The third-order valence-electron chi connectivity index (χ3n) is 5.68. The number of hydrogen-bond donors (Lipinski definition) is 2. The summed E-state index contributed by atoms with van der Waals surface area (Å²) in [6.07, 6.45) is 5.04. The molecule has 0 bridgehead atoms. The number of benzene rings is 1. The minimum absolute atomic E-state index is 0. The zero-order valence-electron chi connectivity index (χ0n) is 18.7. The van der Waals surface area contributed by atoms with Crippen LogP contribution in [-0.2, 0) is 17.8 Å². The number of halogens is 1. The van der Waals surface area contributed by atoms with Crippen LogP contribution in [-0.4, -0.2) is 49.6 Å². The second-order valence-electron chi connectivity index (χ2n) is 8.00. The van der Waals surface area contributed by atoms with Crippen LogP contribution >= 0.6 is 35.3 Å². The number of aliphatic imine (C=N–C) groups is 1. The maximum absolute atomic E-state index is 11.9. The molecule has 32 heavy (non-hydrogen) atoms. The molecule has 0 saturated carbocycles. The lowest BCUT2D eigenvalue weighted by molar-refractivity contribution is -0.117. The van der Waals surface area contributed by atoms with Crippen LogP contribution in [0.5, 0.6) is 0 Å². The summed E-state index contributed by atoms with van der Waals surface area (Å²) in [6, 6.07) is 8.16. The van der Waals surface area contributed by atoms with E-state index in [0.717, 1.165) is 73.6 Å². The molecule has 0 radical (unpaired) electrons. The predicted molar refractivity (Wildman–Crippen MR) is 144 cm³/mol. The van der Waals surface area contributed by atoms with Gasteiger partial charge < -0.3 is 20.4 Å². The van der Waals surface area contributed by atoms with Crippen molar-refractivity contribution in [1.29, 1.82) is 0 Å². The van der Waals surface area contributed by atoms with Crippen molar-refractivity contribution in [3.8, 4) is 0 Å². The SMILES string of the molecule is CCNC(=NCc1ccc(N2CCCC2=O)cc1)NCCc1csc(N2CCCC2)n1.I. The molecule has 7 nitrogen and oxygen atoms in total. The molecule has 2 saturated heterocycles. The highest BCUT2D eigenvalue weighted by Gasteiger charge is 2.21. The average Bonchev–Trinajstić information content (AvgIpc) is 3.54. The van der Waals surface area contributed by atoms with E-state index in [4.69, 9.17) is 9.98 Å². The Balaban J connectivity index is 0.00000289. The van der Waals surface area contributed by atoms with Gasteiger partial charge in [-0.2, -0.15) is 0 Å². The fourth-order valence-corrected chi connectivity index (χ4v) is 4.90. The lowest BCUT2D eigenvalue weighted by Gasteiger charge is -2.16. The fourth-order valence-electron chi connectivity index (χ4n) is 3.99. The van der Waals surface area contributed by atoms with E-state index in [-0.39, 0.29) is 29.9 Å². The normalized spacial score (nSPS) is 16.4. The highest BCUT2D eigenvalue weighted by Crippen LogP contribution is 2.24. The molecule has 2 aliphatic rings. The Labute approximate surface area is 211 Å². The monoisotopic (exact) mass is 568 g/mol. The van der Waals surface area contributed by atoms with Crippen LogP contribution < -0.4 is 20.4 Å². The first-order chi connectivity index (χ1) is 15.2. The molecule has 2 aliphatic heterocycles. The van der Waals surface area contributed by atoms with Gasteiger partial charge in [-0.1, -0.05) is 12.1 Å². The summed E-state index contributed by atoms with van der Waals surface area (Å²) < 4.78 is 0. The summed E-state index contributed by atoms with van der Waals surface area (Å²) in [5.41, 5.74) is 3.25. The zero-order chi connectivity index (χ0) is 21.5. The van der Waals surface area contributed by atoms with E-state index in [2.05, 4.69) is 40.0 Å². The molecule has 0 aliphatic carbocycles. The van der Waals surface area contributed by atoms with Crippen molar-refractivity contribution in [3.05, 3.63) is 40.9 Å². The molecule has 0 atom stereocenters. The van der Waals surface area contributed by atoms with Crippen molar-refractivity contribution < 1.29 is 4.79 Å². The summed E-state index contributed by atoms with van der Waals surface area (Å²) in [7, 11) is 0. The average molecular weight is 569 g/mol.